The summed E-state index contributed by atoms with van der Waals surface area (Å²) < 4.78 is 24.5. The highest BCUT2D eigenvalue weighted by atomic mass is 19.1. The molecule has 0 aliphatic carbocycles. The van der Waals surface area contributed by atoms with Gasteiger partial charge in [0.25, 0.3) is 0 Å². The van der Waals surface area contributed by atoms with E-state index in [2.05, 4.69) is 5.32 Å². The smallest absolute Gasteiger partial charge is 0.164 e. The van der Waals surface area contributed by atoms with Crippen LogP contribution in [0.15, 0.2) is 12.1 Å². The summed E-state index contributed by atoms with van der Waals surface area (Å²) in [5, 5.41) is 13.0. The van der Waals surface area contributed by atoms with Gasteiger partial charge in [0.15, 0.2) is 11.5 Å². The Bertz CT molecular complexity index is 423. The van der Waals surface area contributed by atoms with Crippen LogP contribution in [0.5, 0.6) is 11.5 Å². The molecular formula is C13H18FNO3. The maximum Gasteiger partial charge on any atom is 0.164 e. The summed E-state index contributed by atoms with van der Waals surface area (Å²) in [6.07, 6.45) is -0.900. The Morgan fingerprint density at radius 3 is 2.50 bits per heavy atom. The summed E-state index contributed by atoms with van der Waals surface area (Å²) in [5.41, 5.74) is 0.229. The molecule has 1 unspecified atom stereocenters. The van der Waals surface area contributed by atoms with E-state index >= 15 is 0 Å². The van der Waals surface area contributed by atoms with Gasteiger partial charge in [-0.15, -0.1) is 0 Å². The highest BCUT2D eigenvalue weighted by Gasteiger charge is 2.20. The number of aliphatic hydroxyl groups is 1. The Balaban J connectivity index is 2.17. The quantitative estimate of drug-likeness (QED) is 0.858. The second-order valence-corrected chi connectivity index (χ2v) is 4.60. The highest BCUT2D eigenvalue weighted by molar-refractivity contribution is 5.45. The van der Waals surface area contributed by atoms with Gasteiger partial charge in [-0.3, -0.25) is 0 Å². The predicted molar refractivity (Wildman–Crippen MR) is 65.5 cm³/mol. The molecule has 1 aromatic rings. The van der Waals surface area contributed by atoms with E-state index in [0.29, 0.717) is 31.3 Å². The Morgan fingerprint density at radius 1 is 1.28 bits per heavy atom. The van der Waals surface area contributed by atoms with Crippen LogP contribution >= 0.6 is 0 Å². The zero-order valence-electron chi connectivity index (χ0n) is 10.6. The van der Waals surface area contributed by atoms with Crippen LogP contribution in [0.2, 0.25) is 0 Å². The molecule has 1 heterocycles. The summed E-state index contributed by atoms with van der Waals surface area (Å²) in [4.78, 5) is 0. The number of hydrogen-bond donors (Lipinski definition) is 2. The van der Waals surface area contributed by atoms with Crippen molar-refractivity contribution < 1.29 is 19.0 Å². The van der Waals surface area contributed by atoms with E-state index in [9.17, 15) is 9.50 Å². The second kappa shape index (κ2) is 5.54. The summed E-state index contributed by atoms with van der Waals surface area (Å²) in [7, 11) is 0. The molecule has 0 saturated carbocycles. The molecule has 0 spiro atoms. The molecule has 1 aliphatic rings. The van der Waals surface area contributed by atoms with Crippen LogP contribution in [0.1, 0.15) is 25.5 Å². The van der Waals surface area contributed by atoms with Gasteiger partial charge in [-0.25, -0.2) is 4.39 Å². The zero-order chi connectivity index (χ0) is 13.1. The van der Waals surface area contributed by atoms with Crippen LogP contribution in [0.25, 0.3) is 0 Å². The first-order valence-corrected chi connectivity index (χ1v) is 6.08. The first-order chi connectivity index (χ1) is 8.58. The van der Waals surface area contributed by atoms with E-state index in [1.54, 1.807) is 0 Å². The molecule has 2 N–H and O–H groups in total. The Labute approximate surface area is 106 Å². The van der Waals surface area contributed by atoms with E-state index in [0.717, 1.165) is 0 Å². The molecule has 1 aromatic carbocycles. The minimum atomic E-state index is -0.900. The molecule has 100 valence electrons. The number of hydrogen-bond acceptors (Lipinski definition) is 4. The van der Waals surface area contributed by atoms with Crippen molar-refractivity contribution in [2.45, 2.75) is 26.0 Å². The Kier molecular flexibility index (Phi) is 4.04. The molecule has 0 bridgehead atoms. The number of benzene rings is 1. The van der Waals surface area contributed by atoms with Crippen LogP contribution in [-0.4, -0.2) is 30.9 Å². The van der Waals surface area contributed by atoms with Crippen molar-refractivity contribution in [3.63, 3.8) is 0 Å². The first-order valence-electron chi connectivity index (χ1n) is 6.08. The minimum Gasteiger partial charge on any atom is -0.486 e. The first kappa shape index (κ1) is 13.1. The number of nitrogens with one attached hydrogen (secondary N) is 1. The van der Waals surface area contributed by atoms with Gasteiger partial charge in [-0.05, 0) is 6.07 Å². The van der Waals surface area contributed by atoms with Crippen LogP contribution in [-0.2, 0) is 0 Å². The van der Waals surface area contributed by atoms with Gasteiger partial charge >= 0.3 is 0 Å². The molecule has 0 aromatic heterocycles. The Hall–Kier alpha value is -1.33. The third kappa shape index (κ3) is 2.91. The van der Waals surface area contributed by atoms with E-state index < -0.39 is 11.9 Å². The Morgan fingerprint density at radius 2 is 1.89 bits per heavy atom. The van der Waals surface area contributed by atoms with Crippen molar-refractivity contribution in [2.75, 3.05) is 19.8 Å². The average Bonchev–Trinajstić information content (AvgIpc) is 2.35. The molecule has 1 aliphatic heterocycles. The third-order valence-electron chi connectivity index (χ3n) is 2.74. The predicted octanol–water partition coefficient (Wildman–Crippen LogP) is 1.63. The van der Waals surface area contributed by atoms with Crippen LogP contribution in [0.3, 0.4) is 0 Å². The van der Waals surface area contributed by atoms with Gasteiger partial charge in [0.05, 0.1) is 6.10 Å². The molecule has 5 heteroatoms. The fourth-order valence-corrected chi connectivity index (χ4v) is 1.79. The summed E-state index contributed by atoms with van der Waals surface area (Å²) in [6, 6.07) is 3.01. The van der Waals surface area contributed by atoms with Crippen molar-refractivity contribution >= 4 is 0 Å². The summed E-state index contributed by atoms with van der Waals surface area (Å²) in [5.74, 6) is 0.407. The van der Waals surface area contributed by atoms with Crippen LogP contribution in [0.4, 0.5) is 4.39 Å². The molecule has 0 amide bonds. The molecule has 0 saturated heterocycles. The van der Waals surface area contributed by atoms with Gasteiger partial charge in [0, 0.05) is 24.2 Å². The molecule has 0 fully saturated rings. The lowest BCUT2D eigenvalue weighted by Crippen LogP contribution is -2.28. The molecular weight excluding hydrogens is 237 g/mol. The van der Waals surface area contributed by atoms with E-state index in [-0.39, 0.29) is 11.6 Å². The van der Waals surface area contributed by atoms with Crippen LogP contribution < -0.4 is 14.8 Å². The zero-order valence-corrected chi connectivity index (χ0v) is 10.6. The van der Waals surface area contributed by atoms with Crippen molar-refractivity contribution in [1.82, 2.24) is 5.32 Å². The van der Waals surface area contributed by atoms with Gasteiger partial charge in [-0.1, -0.05) is 13.8 Å². The third-order valence-corrected chi connectivity index (χ3v) is 2.74. The van der Waals surface area contributed by atoms with Crippen LogP contribution in [0, 0.1) is 5.82 Å². The maximum atomic E-state index is 13.8. The lowest BCUT2D eigenvalue weighted by atomic mass is 10.1. The molecule has 4 nitrogen and oxygen atoms in total. The maximum absolute atomic E-state index is 13.8. The largest absolute Gasteiger partial charge is 0.486 e. The SMILES string of the molecule is CC(C)NCC(O)c1cc2c(cc1F)OCCO2. The lowest BCUT2D eigenvalue weighted by Gasteiger charge is -2.21. The number of aliphatic hydroxyl groups excluding tert-OH is 1. The van der Waals surface area contributed by atoms with Crippen molar-refractivity contribution in [1.29, 1.82) is 0 Å². The molecule has 18 heavy (non-hydrogen) atoms. The summed E-state index contributed by atoms with van der Waals surface area (Å²) >= 11 is 0. The highest BCUT2D eigenvalue weighted by Crippen LogP contribution is 2.34. The monoisotopic (exact) mass is 255 g/mol. The van der Waals surface area contributed by atoms with Crippen molar-refractivity contribution in [3.8, 4) is 11.5 Å². The fraction of sp³-hybridized carbons (Fsp3) is 0.538. The number of rotatable bonds is 4. The molecule has 1 atom stereocenters. The lowest BCUT2D eigenvalue weighted by molar-refractivity contribution is 0.157. The normalized spacial score (nSPS) is 15.8. The van der Waals surface area contributed by atoms with Gasteiger partial charge in [0.1, 0.15) is 19.0 Å². The number of fused-ring (bicyclic) bond motifs is 1. The minimum absolute atomic E-state index is 0.229. The van der Waals surface area contributed by atoms with Gasteiger partial charge in [0.2, 0.25) is 0 Å². The number of halogens is 1. The second-order valence-electron chi connectivity index (χ2n) is 4.60. The van der Waals surface area contributed by atoms with Crippen molar-refractivity contribution in [3.05, 3.63) is 23.5 Å². The topological polar surface area (TPSA) is 50.7 Å². The van der Waals surface area contributed by atoms with E-state index in [4.69, 9.17) is 9.47 Å². The molecule has 2 rings (SSSR count). The standard InChI is InChI=1S/C13H18FNO3/c1-8(2)15-7-11(16)9-5-12-13(6-10(9)14)18-4-3-17-12/h5-6,8,11,15-16H,3-4,7H2,1-2H3. The van der Waals surface area contributed by atoms with Gasteiger partial charge < -0.3 is 19.9 Å². The summed E-state index contributed by atoms with van der Waals surface area (Å²) in [6.45, 7) is 5.09. The molecule has 0 radical (unpaired) electrons. The van der Waals surface area contributed by atoms with E-state index in [1.165, 1.54) is 12.1 Å². The van der Waals surface area contributed by atoms with Crippen molar-refractivity contribution in [2.24, 2.45) is 0 Å². The average molecular weight is 255 g/mol. The van der Waals surface area contributed by atoms with E-state index in [1.807, 2.05) is 13.8 Å². The fourth-order valence-electron chi connectivity index (χ4n) is 1.79. The number of ether oxygens (including phenoxy) is 2. The van der Waals surface area contributed by atoms with Gasteiger partial charge in [-0.2, -0.15) is 0 Å².